The molecule has 3 rings (SSSR count). The van der Waals surface area contributed by atoms with Crippen molar-refractivity contribution in [2.75, 3.05) is 5.75 Å². The van der Waals surface area contributed by atoms with Crippen molar-refractivity contribution < 1.29 is 4.79 Å². The van der Waals surface area contributed by atoms with Gasteiger partial charge in [-0.15, -0.1) is 5.10 Å². The number of carbonyl (C=O) groups is 1. The number of nitrogens with zero attached hydrogens (tertiary/aromatic N) is 4. The van der Waals surface area contributed by atoms with E-state index >= 15 is 0 Å². The highest BCUT2D eigenvalue weighted by Crippen LogP contribution is 2.20. The molecule has 0 aliphatic rings. The van der Waals surface area contributed by atoms with Gasteiger partial charge in [0.25, 0.3) is 0 Å². The fraction of sp³-hybridized carbons (Fsp3) is 0.200. The van der Waals surface area contributed by atoms with E-state index in [9.17, 15) is 4.79 Å². The molecule has 3 aromatic rings. The van der Waals surface area contributed by atoms with Gasteiger partial charge in [0.1, 0.15) is 0 Å². The van der Waals surface area contributed by atoms with Gasteiger partial charge in [-0.05, 0) is 59.7 Å². The van der Waals surface area contributed by atoms with Crippen LogP contribution in [-0.2, 0) is 0 Å². The Kier molecular flexibility index (Phi) is 4.06. The van der Waals surface area contributed by atoms with E-state index < -0.39 is 0 Å². The second-order valence-corrected chi connectivity index (χ2v) is 5.88. The molecule has 2 aromatic heterocycles. The third-order valence-corrected chi connectivity index (χ3v) is 4.33. The average Bonchev–Trinajstić information content (AvgIpc) is 3.18. The van der Waals surface area contributed by atoms with E-state index in [4.69, 9.17) is 0 Å². The molecule has 0 amide bonds. The van der Waals surface area contributed by atoms with Crippen molar-refractivity contribution in [3.63, 3.8) is 0 Å². The van der Waals surface area contributed by atoms with Crippen molar-refractivity contribution in [1.82, 2.24) is 25.2 Å². The summed E-state index contributed by atoms with van der Waals surface area (Å²) in [6.45, 7) is 4.11. The zero-order valence-electron chi connectivity index (χ0n) is 12.3. The van der Waals surface area contributed by atoms with Crippen molar-refractivity contribution in [2.45, 2.75) is 19.0 Å². The number of carbonyl (C=O) groups excluding carboxylic acids is 1. The van der Waals surface area contributed by atoms with Crippen LogP contribution in [0.15, 0.2) is 41.7 Å². The van der Waals surface area contributed by atoms with Gasteiger partial charge in [-0.25, -0.2) is 0 Å². The van der Waals surface area contributed by atoms with Crippen LogP contribution in [0.4, 0.5) is 0 Å². The minimum Gasteiger partial charge on any atom is -0.359 e. The van der Waals surface area contributed by atoms with Gasteiger partial charge < -0.3 is 4.98 Å². The predicted octanol–water partition coefficient (Wildman–Crippen LogP) is 2.58. The summed E-state index contributed by atoms with van der Waals surface area (Å²) in [6, 6.07) is 9.59. The maximum atomic E-state index is 12.0. The Morgan fingerprint density at radius 1 is 1.27 bits per heavy atom. The minimum absolute atomic E-state index is 0.0182. The number of H-pyrrole nitrogens is 1. The standard InChI is InChI=1S/C15H15N5OS/c1-10-5-6-12(8-11(10)2)20-15(17-18-19-20)22-9-14(21)13-4-3-7-16-13/h3-8,16H,9H2,1-2H3. The lowest BCUT2D eigenvalue weighted by Gasteiger charge is -2.06. The fourth-order valence-electron chi connectivity index (χ4n) is 2.00. The van der Waals surface area contributed by atoms with E-state index in [0.29, 0.717) is 10.9 Å². The number of aromatic nitrogens is 5. The van der Waals surface area contributed by atoms with E-state index in [1.165, 1.54) is 22.9 Å². The topological polar surface area (TPSA) is 76.5 Å². The molecule has 0 radical (unpaired) electrons. The molecule has 0 aliphatic carbocycles. The molecule has 22 heavy (non-hydrogen) atoms. The van der Waals surface area contributed by atoms with Crippen LogP contribution in [0.3, 0.4) is 0 Å². The van der Waals surface area contributed by atoms with Crippen molar-refractivity contribution in [2.24, 2.45) is 0 Å². The first-order valence-electron chi connectivity index (χ1n) is 6.80. The lowest BCUT2D eigenvalue weighted by molar-refractivity contribution is 0.101. The highest BCUT2D eigenvalue weighted by molar-refractivity contribution is 7.99. The van der Waals surface area contributed by atoms with Crippen LogP contribution >= 0.6 is 11.8 Å². The molecule has 0 spiro atoms. The number of aryl methyl sites for hydroxylation is 2. The number of ketones is 1. The minimum atomic E-state index is 0.0182. The van der Waals surface area contributed by atoms with Crippen molar-refractivity contribution in [3.05, 3.63) is 53.3 Å². The number of nitrogens with one attached hydrogen (secondary N) is 1. The molecule has 1 aromatic carbocycles. The Labute approximate surface area is 131 Å². The average molecular weight is 313 g/mol. The number of thioether (sulfide) groups is 1. The van der Waals surface area contributed by atoms with Gasteiger partial charge in [-0.3, -0.25) is 4.79 Å². The monoisotopic (exact) mass is 313 g/mol. The van der Waals surface area contributed by atoms with Crippen molar-refractivity contribution in [1.29, 1.82) is 0 Å². The van der Waals surface area contributed by atoms with Gasteiger partial charge in [-0.2, -0.15) is 4.68 Å². The molecule has 0 saturated carbocycles. The van der Waals surface area contributed by atoms with E-state index in [1.54, 1.807) is 23.0 Å². The number of tetrazole rings is 1. The lowest BCUT2D eigenvalue weighted by Crippen LogP contribution is -2.05. The van der Waals surface area contributed by atoms with Crippen LogP contribution < -0.4 is 0 Å². The first kappa shape index (κ1) is 14.5. The third-order valence-electron chi connectivity index (χ3n) is 3.41. The molecule has 7 heteroatoms. The summed E-state index contributed by atoms with van der Waals surface area (Å²) in [7, 11) is 0. The Bertz CT molecular complexity index is 794. The van der Waals surface area contributed by atoms with Gasteiger partial charge >= 0.3 is 0 Å². The molecule has 0 fully saturated rings. The van der Waals surface area contributed by atoms with Gasteiger partial charge in [0.15, 0.2) is 5.78 Å². The summed E-state index contributed by atoms with van der Waals surface area (Å²) in [5, 5.41) is 12.3. The lowest BCUT2D eigenvalue weighted by atomic mass is 10.1. The van der Waals surface area contributed by atoms with E-state index in [2.05, 4.69) is 27.4 Å². The van der Waals surface area contributed by atoms with Crippen LogP contribution in [0.5, 0.6) is 0 Å². The van der Waals surface area contributed by atoms with Crippen molar-refractivity contribution in [3.8, 4) is 5.69 Å². The molecule has 0 unspecified atom stereocenters. The molecule has 112 valence electrons. The van der Waals surface area contributed by atoms with E-state index in [-0.39, 0.29) is 11.5 Å². The Balaban J connectivity index is 1.77. The molecule has 0 atom stereocenters. The summed E-state index contributed by atoms with van der Waals surface area (Å²) in [4.78, 5) is 14.9. The summed E-state index contributed by atoms with van der Waals surface area (Å²) in [6.07, 6.45) is 1.73. The van der Waals surface area contributed by atoms with Crippen molar-refractivity contribution >= 4 is 17.5 Å². The predicted molar refractivity (Wildman–Crippen MR) is 84.5 cm³/mol. The zero-order valence-corrected chi connectivity index (χ0v) is 13.1. The second kappa shape index (κ2) is 6.15. The number of aromatic amines is 1. The number of benzene rings is 1. The van der Waals surface area contributed by atoms with Crippen LogP contribution in [-0.4, -0.2) is 36.7 Å². The molecule has 2 heterocycles. The van der Waals surface area contributed by atoms with Crippen LogP contribution in [0.1, 0.15) is 21.6 Å². The third kappa shape index (κ3) is 2.94. The Morgan fingerprint density at radius 2 is 2.14 bits per heavy atom. The molecule has 1 N–H and O–H groups in total. The van der Waals surface area contributed by atoms with Gasteiger partial charge in [0, 0.05) is 6.20 Å². The highest BCUT2D eigenvalue weighted by Gasteiger charge is 2.13. The fourth-order valence-corrected chi connectivity index (χ4v) is 2.77. The zero-order chi connectivity index (χ0) is 15.5. The summed E-state index contributed by atoms with van der Waals surface area (Å²) >= 11 is 1.32. The molecular formula is C15H15N5OS. The van der Waals surface area contributed by atoms with Gasteiger partial charge in [-0.1, -0.05) is 17.8 Å². The summed E-state index contributed by atoms with van der Waals surface area (Å²) < 4.78 is 1.65. The SMILES string of the molecule is Cc1ccc(-n2nnnc2SCC(=O)c2ccc[nH]2)cc1C. The normalized spacial score (nSPS) is 10.8. The molecule has 0 saturated heterocycles. The second-order valence-electron chi connectivity index (χ2n) is 4.94. The summed E-state index contributed by atoms with van der Waals surface area (Å²) in [5.74, 6) is 0.302. The van der Waals surface area contributed by atoms with E-state index in [0.717, 1.165) is 5.69 Å². The quantitative estimate of drug-likeness (QED) is 0.579. The molecule has 0 aliphatic heterocycles. The smallest absolute Gasteiger partial charge is 0.214 e. The maximum absolute atomic E-state index is 12.0. The first-order chi connectivity index (χ1) is 10.6. The largest absolute Gasteiger partial charge is 0.359 e. The highest BCUT2D eigenvalue weighted by atomic mass is 32.2. The maximum Gasteiger partial charge on any atom is 0.214 e. The number of rotatable bonds is 5. The van der Waals surface area contributed by atoms with E-state index in [1.807, 2.05) is 25.1 Å². The first-order valence-corrected chi connectivity index (χ1v) is 7.79. The van der Waals surface area contributed by atoms with Crippen LogP contribution in [0.2, 0.25) is 0 Å². The number of Topliss-reactive ketones (excluding diaryl/α,β-unsaturated/α-hetero) is 1. The van der Waals surface area contributed by atoms with Crippen LogP contribution in [0.25, 0.3) is 5.69 Å². The Hall–Kier alpha value is -2.41. The molecular weight excluding hydrogens is 298 g/mol. The van der Waals surface area contributed by atoms with Gasteiger partial charge in [0.05, 0.1) is 17.1 Å². The van der Waals surface area contributed by atoms with Gasteiger partial charge in [0.2, 0.25) is 5.16 Å². The summed E-state index contributed by atoms with van der Waals surface area (Å²) in [5.41, 5.74) is 3.87. The molecule has 0 bridgehead atoms. The Morgan fingerprint density at radius 3 is 2.86 bits per heavy atom. The number of hydrogen-bond acceptors (Lipinski definition) is 5. The number of hydrogen-bond donors (Lipinski definition) is 1. The van der Waals surface area contributed by atoms with Crippen LogP contribution in [0, 0.1) is 13.8 Å². The molecule has 6 nitrogen and oxygen atoms in total.